The van der Waals surface area contributed by atoms with E-state index in [2.05, 4.69) is 5.32 Å². The summed E-state index contributed by atoms with van der Waals surface area (Å²) < 4.78 is 5.35. The van der Waals surface area contributed by atoms with E-state index < -0.39 is 11.4 Å². The molecule has 0 aromatic carbocycles. The molecule has 1 amide bonds. The number of carbonyl (C=O) groups excluding carboxylic acids is 1. The van der Waals surface area contributed by atoms with E-state index in [-0.39, 0.29) is 18.2 Å². The molecule has 6 nitrogen and oxygen atoms in total. The van der Waals surface area contributed by atoms with Gasteiger partial charge in [-0.25, -0.2) is 0 Å². The van der Waals surface area contributed by atoms with E-state index in [1.54, 1.807) is 6.92 Å². The number of carboxylic acids is 1. The van der Waals surface area contributed by atoms with Gasteiger partial charge in [-0.2, -0.15) is 0 Å². The zero-order chi connectivity index (χ0) is 15.8. The summed E-state index contributed by atoms with van der Waals surface area (Å²) in [5, 5.41) is 11.9. The molecule has 0 aromatic heterocycles. The highest BCUT2D eigenvalue weighted by Crippen LogP contribution is 2.31. The third-order valence-electron chi connectivity index (χ3n) is 3.54. The summed E-state index contributed by atoms with van der Waals surface area (Å²) in [4.78, 5) is 25.1. The van der Waals surface area contributed by atoms with Gasteiger partial charge in [0.05, 0.1) is 18.6 Å². The SMILES string of the molecule is CC(C)C(C)(CC(=O)NCCOCCN(C)C)C(=O)O. The minimum atomic E-state index is -1.03. The Morgan fingerprint density at radius 2 is 1.90 bits per heavy atom. The van der Waals surface area contributed by atoms with Crippen LogP contribution >= 0.6 is 0 Å². The van der Waals surface area contributed by atoms with Crippen molar-refractivity contribution in [2.75, 3.05) is 40.4 Å². The number of likely N-dealkylation sites (N-methyl/N-ethyl adjacent to an activating group) is 1. The smallest absolute Gasteiger partial charge is 0.310 e. The van der Waals surface area contributed by atoms with E-state index in [4.69, 9.17) is 4.74 Å². The van der Waals surface area contributed by atoms with Crippen molar-refractivity contribution < 1.29 is 19.4 Å². The lowest BCUT2D eigenvalue weighted by Gasteiger charge is -2.28. The van der Waals surface area contributed by atoms with Crippen LogP contribution in [-0.2, 0) is 14.3 Å². The van der Waals surface area contributed by atoms with Gasteiger partial charge in [0.15, 0.2) is 0 Å². The Hall–Kier alpha value is -1.14. The van der Waals surface area contributed by atoms with Gasteiger partial charge in [-0.3, -0.25) is 9.59 Å². The number of rotatable bonds is 10. The molecule has 0 saturated carbocycles. The molecule has 0 saturated heterocycles. The van der Waals surface area contributed by atoms with E-state index in [9.17, 15) is 14.7 Å². The number of ether oxygens (including phenoxy) is 1. The third-order valence-corrected chi connectivity index (χ3v) is 3.54. The molecule has 0 aromatic rings. The summed E-state index contributed by atoms with van der Waals surface area (Å²) in [5.41, 5.74) is -1.03. The molecule has 0 bridgehead atoms. The first-order valence-electron chi connectivity index (χ1n) is 6.92. The number of hydrogen-bond acceptors (Lipinski definition) is 4. The quantitative estimate of drug-likeness (QED) is 0.582. The molecular weight excluding hydrogens is 260 g/mol. The Kier molecular flexibility index (Phi) is 8.41. The summed E-state index contributed by atoms with van der Waals surface area (Å²) >= 11 is 0. The second-order valence-corrected chi connectivity index (χ2v) is 5.82. The zero-order valence-electron chi connectivity index (χ0n) is 13.2. The molecule has 20 heavy (non-hydrogen) atoms. The van der Waals surface area contributed by atoms with Gasteiger partial charge < -0.3 is 20.1 Å². The Balaban J connectivity index is 3.96. The van der Waals surface area contributed by atoms with Crippen molar-refractivity contribution in [3.63, 3.8) is 0 Å². The molecule has 1 atom stereocenters. The standard InChI is InChI=1S/C14H28N2O4/c1-11(2)14(3,13(18)19)10-12(17)15-6-8-20-9-7-16(4)5/h11H,6-10H2,1-5H3,(H,15,17)(H,18,19). The fourth-order valence-electron chi connectivity index (χ4n) is 1.53. The van der Waals surface area contributed by atoms with Gasteiger partial charge in [0.1, 0.15) is 0 Å². The maximum absolute atomic E-state index is 11.8. The predicted molar refractivity (Wildman–Crippen MR) is 77.6 cm³/mol. The van der Waals surface area contributed by atoms with Gasteiger partial charge in [0.25, 0.3) is 0 Å². The molecule has 0 radical (unpaired) electrons. The second kappa shape index (κ2) is 8.92. The summed E-state index contributed by atoms with van der Waals surface area (Å²) in [7, 11) is 3.92. The highest BCUT2D eigenvalue weighted by molar-refractivity contribution is 5.84. The number of hydrogen-bond donors (Lipinski definition) is 2. The molecule has 0 spiro atoms. The monoisotopic (exact) mass is 288 g/mol. The van der Waals surface area contributed by atoms with Crippen LogP contribution in [0.5, 0.6) is 0 Å². The number of aliphatic carboxylic acids is 1. The number of nitrogens with one attached hydrogen (secondary N) is 1. The van der Waals surface area contributed by atoms with Gasteiger partial charge in [-0.15, -0.1) is 0 Å². The molecule has 2 N–H and O–H groups in total. The van der Waals surface area contributed by atoms with Gasteiger partial charge in [0.2, 0.25) is 5.91 Å². The Labute approximate surface area is 121 Å². The lowest BCUT2D eigenvalue weighted by Crippen LogP contribution is -2.40. The van der Waals surface area contributed by atoms with Crippen LogP contribution in [-0.4, -0.2) is 62.3 Å². The first-order valence-corrected chi connectivity index (χ1v) is 6.92. The predicted octanol–water partition coefficient (Wildman–Crippen LogP) is 0.818. The molecule has 0 aliphatic rings. The van der Waals surface area contributed by atoms with Crippen LogP contribution < -0.4 is 5.32 Å². The average Bonchev–Trinajstić information content (AvgIpc) is 2.32. The summed E-state index contributed by atoms with van der Waals surface area (Å²) in [6.07, 6.45) is -0.0162. The molecular formula is C14H28N2O4. The van der Waals surface area contributed by atoms with Crippen molar-refractivity contribution in [2.45, 2.75) is 27.2 Å². The Morgan fingerprint density at radius 3 is 2.35 bits per heavy atom. The van der Waals surface area contributed by atoms with Gasteiger partial charge in [-0.05, 0) is 26.9 Å². The van der Waals surface area contributed by atoms with Crippen molar-refractivity contribution in [1.29, 1.82) is 0 Å². The van der Waals surface area contributed by atoms with Crippen molar-refractivity contribution in [3.8, 4) is 0 Å². The topological polar surface area (TPSA) is 78.9 Å². The van der Waals surface area contributed by atoms with Crippen LogP contribution in [0.15, 0.2) is 0 Å². The van der Waals surface area contributed by atoms with E-state index in [0.29, 0.717) is 19.8 Å². The lowest BCUT2D eigenvalue weighted by molar-refractivity contribution is -0.153. The van der Waals surface area contributed by atoms with Crippen LogP contribution in [0.2, 0.25) is 0 Å². The second-order valence-electron chi connectivity index (χ2n) is 5.82. The van der Waals surface area contributed by atoms with Crippen LogP contribution in [0.3, 0.4) is 0 Å². The van der Waals surface area contributed by atoms with Gasteiger partial charge in [-0.1, -0.05) is 13.8 Å². The fraction of sp³-hybridized carbons (Fsp3) is 0.857. The largest absolute Gasteiger partial charge is 0.481 e. The van der Waals surface area contributed by atoms with E-state index in [0.717, 1.165) is 6.54 Å². The number of carbonyl (C=O) groups is 2. The maximum Gasteiger partial charge on any atom is 0.310 e. The van der Waals surface area contributed by atoms with Gasteiger partial charge in [0, 0.05) is 19.5 Å². The third kappa shape index (κ3) is 6.86. The number of amides is 1. The number of carboxylic acid groups (broad SMARTS) is 1. The lowest BCUT2D eigenvalue weighted by atomic mass is 9.76. The molecule has 118 valence electrons. The summed E-state index contributed by atoms with van der Waals surface area (Å²) in [6, 6.07) is 0. The molecule has 0 fully saturated rings. The van der Waals surface area contributed by atoms with Crippen LogP contribution in [0.1, 0.15) is 27.2 Å². The van der Waals surface area contributed by atoms with Crippen LogP contribution in [0.25, 0.3) is 0 Å². The Morgan fingerprint density at radius 1 is 1.30 bits per heavy atom. The first-order chi connectivity index (χ1) is 9.20. The zero-order valence-corrected chi connectivity index (χ0v) is 13.2. The average molecular weight is 288 g/mol. The molecule has 0 aliphatic heterocycles. The van der Waals surface area contributed by atoms with Crippen molar-refractivity contribution >= 4 is 11.9 Å². The van der Waals surface area contributed by atoms with E-state index in [1.165, 1.54) is 0 Å². The highest BCUT2D eigenvalue weighted by Gasteiger charge is 2.38. The summed E-state index contributed by atoms with van der Waals surface area (Å²) in [5.74, 6) is -1.30. The Bertz CT molecular complexity index is 318. The molecule has 1 unspecified atom stereocenters. The molecule has 6 heteroatoms. The van der Waals surface area contributed by atoms with Crippen molar-refractivity contribution in [2.24, 2.45) is 11.3 Å². The highest BCUT2D eigenvalue weighted by atomic mass is 16.5. The fourth-order valence-corrected chi connectivity index (χ4v) is 1.53. The minimum Gasteiger partial charge on any atom is -0.481 e. The van der Waals surface area contributed by atoms with E-state index in [1.807, 2.05) is 32.8 Å². The van der Waals surface area contributed by atoms with E-state index >= 15 is 0 Å². The normalized spacial score (nSPS) is 14.3. The minimum absolute atomic E-state index is 0.0162. The van der Waals surface area contributed by atoms with Crippen LogP contribution in [0.4, 0.5) is 0 Å². The number of nitrogens with zero attached hydrogens (tertiary/aromatic N) is 1. The molecule has 0 aliphatic carbocycles. The summed E-state index contributed by atoms with van der Waals surface area (Å²) in [6.45, 7) is 7.51. The molecule has 0 heterocycles. The van der Waals surface area contributed by atoms with Crippen molar-refractivity contribution in [1.82, 2.24) is 10.2 Å². The van der Waals surface area contributed by atoms with Gasteiger partial charge >= 0.3 is 5.97 Å². The maximum atomic E-state index is 11.8. The van der Waals surface area contributed by atoms with Crippen LogP contribution in [0, 0.1) is 11.3 Å². The van der Waals surface area contributed by atoms with Crippen molar-refractivity contribution in [3.05, 3.63) is 0 Å². The molecule has 0 rings (SSSR count). The first kappa shape index (κ1) is 18.9.